The smallest absolute Gasteiger partial charge is 0.0918 e. The van der Waals surface area contributed by atoms with E-state index < -0.39 is 0 Å². The summed E-state index contributed by atoms with van der Waals surface area (Å²) in [5, 5.41) is 0. The molecule has 1 aliphatic carbocycles. The normalized spacial score (nSPS) is 20.9. The van der Waals surface area contributed by atoms with Crippen LogP contribution >= 0.6 is 0 Å². The van der Waals surface area contributed by atoms with E-state index >= 15 is 0 Å². The van der Waals surface area contributed by atoms with Crippen molar-refractivity contribution in [3.05, 3.63) is 12.3 Å². The van der Waals surface area contributed by atoms with Crippen molar-refractivity contribution in [3.63, 3.8) is 0 Å². The fourth-order valence-corrected chi connectivity index (χ4v) is 4.01. The van der Waals surface area contributed by atoms with Gasteiger partial charge in [0.25, 0.3) is 0 Å². The van der Waals surface area contributed by atoms with Crippen LogP contribution in [0.5, 0.6) is 0 Å². The lowest BCUT2D eigenvalue weighted by molar-refractivity contribution is 0.145. The molecule has 24 heavy (non-hydrogen) atoms. The third-order valence-corrected chi connectivity index (χ3v) is 5.80. The summed E-state index contributed by atoms with van der Waals surface area (Å²) in [6.45, 7) is 9.67. The first-order valence-corrected chi connectivity index (χ1v) is 11.1. The van der Waals surface area contributed by atoms with Gasteiger partial charge in [0.2, 0.25) is 0 Å². The Balaban J connectivity index is 1.98. The third-order valence-electron chi connectivity index (χ3n) is 5.80. The molecule has 1 aliphatic rings. The minimum absolute atomic E-state index is 0.640. The zero-order chi connectivity index (χ0) is 17.5. The molecule has 0 N–H and O–H groups in total. The molecule has 0 aromatic heterocycles. The minimum Gasteiger partial charge on any atom is -0.498 e. The van der Waals surface area contributed by atoms with Gasteiger partial charge in [-0.3, -0.25) is 0 Å². The van der Waals surface area contributed by atoms with E-state index in [4.69, 9.17) is 4.74 Å². The molecule has 1 nitrogen and oxygen atoms in total. The van der Waals surface area contributed by atoms with Crippen LogP contribution in [0.1, 0.15) is 117 Å². The van der Waals surface area contributed by atoms with Gasteiger partial charge in [-0.1, -0.05) is 91.1 Å². The maximum atomic E-state index is 5.94. The Hall–Kier alpha value is -0.460. The average Bonchev–Trinajstić information content (AvgIpc) is 2.61. The second-order valence-corrected chi connectivity index (χ2v) is 8.00. The van der Waals surface area contributed by atoms with E-state index in [-0.39, 0.29) is 0 Å². The first-order chi connectivity index (χ1) is 11.8. The van der Waals surface area contributed by atoms with E-state index in [1.54, 1.807) is 0 Å². The molecular weight excluding hydrogens is 292 g/mol. The van der Waals surface area contributed by atoms with Crippen molar-refractivity contribution in [2.24, 2.45) is 11.8 Å². The molecule has 142 valence electrons. The van der Waals surface area contributed by atoms with Crippen molar-refractivity contribution < 1.29 is 4.74 Å². The Morgan fingerprint density at radius 1 is 0.750 bits per heavy atom. The maximum Gasteiger partial charge on any atom is 0.0918 e. The van der Waals surface area contributed by atoms with Gasteiger partial charge in [-0.05, 0) is 38.0 Å². The molecule has 0 saturated heterocycles. The van der Waals surface area contributed by atoms with Gasteiger partial charge in [-0.2, -0.15) is 0 Å². The van der Waals surface area contributed by atoms with E-state index in [1.807, 2.05) is 0 Å². The molecule has 0 radical (unpaired) electrons. The van der Waals surface area contributed by atoms with Gasteiger partial charge in [0.05, 0.1) is 12.4 Å². The predicted molar refractivity (Wildman–Crippen MR) is 107 cm³/mol. The number of hydrogen-bond donors (Lipinski definition) is 0. The van der Waals surface area contributed by atoms with Gasteiger partial charge in [0, 0.05) is 5.92 Å². The molecule has 1 heteroatoms. The third kappa shape index (κ3) is 10.4. The second kappa shape index (κ2) is 14.8. The van der Waals surface area contributed by atoms with Gasteiger partial charge in [0.15, 0.2) is 0 Å². The van der Waals surface area contributed by atoms with Gasteiger partial charge in [-0.25, -0.2) is 0 Å². The summed E-state index contributed by atoms with van der Waals surface area (Å²) in [7, 11) is 0. The van der Waals surface area contributed by atoms with Crippen molar-refractivity contribution in [2.45, 2.75) is 117 Å². The standard InChI is InChI=1S/C23H44O/c1-4-6-8-10-11-13-15-22-16-18-23(19-17-22)21(3)24-20-14-12-9-7-5-2/h22-23H,3-20H2,1-2H3. The fraction of sp³-hybridized carbons (Fsp3) is 0.913. The summed E-state index contributed by atoms with van der Waals surface area (Å²) < 4.78 is 5.94. The molecule has 0 amide bonds. The number of hydrogen-bond acceptors (Lipinski definition) is 1. The van der Waals surface area contributed by atoms with E-state index in [9.17, 15) is 0 Å². The van der Waals surface area contributed by atoms with E-state index in [0.29, 0.717) is 5.92 Å². The van der Waals surface area contributed by atoms with Crippen LogP contribution in [0.25, 0.3) is 0 Å². The quantitative estimate of drug-likeness (QED) is 0.217. The number of unbranched alkanes of at least 4 members (excludes halogenated alkanes) is 9. The van der Waals surface area contributed by atoms with Crippen molar-refractivity contribution >= 4 is 0 Å². The van der Waals surface area contributed by atoms with Crippen LogP contribution in [-0.2, 0) is 4.74 Å². The van der Waals surface area contributed by atoms with Gasteiger partial charge in [-0.15, -0.1) is 0 Å². The summed E-state index contributed by atoms with van der Waals surface area (Å²) in [6.07, 6.45) is 22.0. The van der Waals surface area contributed by atoms with Crippen LogP contribution in [0.15, 0.2) is 12.3 Å². The Kier molecular flexibility index (Phi) is 13.4. The summed E-state index contributed by atoms with van der Waals surface area (Å²) in [6, 6.07) is 0. The van der Waals surface area contributed by atoms with Gasteiger partial charge < -0.3 is 4.74 Å². The van der Waals surface area contributed by atoms with E-state index in [1.165, 1.54) is 103 Å². The highest BCUT2D eigenvalue weighted by molar-refractivity contribution is 4.93. The first-order valence-electron chi connectivity index (χ1n) is 11.1. The van der Waals surface area contributed by atoms with Crippen LogP contribution < -0.4 is 0 Å². The Labute approximate surface area is 152 Å². The Morgan fingerprint density at radius 3 is 1.92 bits per heavy atom. The number of allylic oxidation sites excluding steroid dienone is 1. The Bertz CT molecular complexity index is 288. The highest BCUT2D eigenvalue weighted by atomic mass is 16.5. The first kappa shape index (κ1) is 21.6. The highest BCUT2D eigenvalue weighted by Gasteiger charge is 2.23. The molecule has 1 saturated carbocycles. The maximum absolute atomic E-state index is 5.94. The molecule has 0 unspecified atom stereocenters. The average molecular weight is 337 g/mol. The van der Waals surface area contributed by atoms with Crippen molar-refractivity contribution in [2.75, 3.05) is 6.61 Å². The van der Waals surface area contributed by atoms with E-state index in [2.05, 4.69) is 20.4 Å². The predicted octanol–water partition coefficient (Wildman–Crippen LogP) is 8.04. The fourth-order valence-electron chi connectivity index (χ4n) is 4.01. The molecule has 0 atom stereocenters. The molecule has 0 spiro atoms. The zero-order valence-electron chi connectivity index (χ0n) is 16.8. The lowest BCUT2D eigenvalue weighted by atomic mass is 9.79. The Morgan fingerprint density at radius 2 is 1.29 bits per heavy atom. The lowest BCUT2D eigenvalue weighted by Crippen LogP contribution is -2.17. The molecule has 1 rings (SSSR count). The molecule has 0 aromatic carbocycles. The van der Waals surface area contributed by atoms with Crippen LogP contribution in [0, 0.1) is 11.8 Å². The van der Waals surface area contributed by atoms with Crippen LogP contribution in [0.2, 0.25) is 0 Å². The highest BCUT2D eigenvalue weighted by Crippen LogP contribution is 2.35. The molecule has 0 aliphatic heterocycles. The van der Waals surface area contributed by atoms with Gasteiger partial charge in [0.1, 0.15) is 0 Å². The molecule has 1 fully saturated rings. The molecule has 0 heterocycles. The zero-order valence-corrected chi connectivity index (χ0v) is 16.8. The largest absolute Gasteiger partial charge is 0.498 e. The van der Waals surface area contributed by atoms with Crippen molar-refractivity contribution in [1.29, 1.82) is 0 Å². The van der Waals surface area contributed by atoms with Crippen molar-refractivity contribution in [3.8, 4) is 0 Å². The van der Waals surface area contributed by atoms with Crippen LogP contribution in [0.3, 0.4) is 0 Å². The summed E-state index contributed by atoms with van der Waals surface area (Å²) >= 11 is 0. The second-order valence-electron chi connectivity index (χ2n) is 8.00. The number of rotatable bonds is 15. The molecule has 0 aromatic rings. The molecule has 0 bridgehead atoms. The summed E-state index contributed by atoms with van der Waals surface area (Å²) in [5.74, 6) is 2.71. The summed E-state index contributed by atoms with van der Waals surface area (Å²) in [5.41, 5.74) is 0. The number of ether oxygens (including phenoxy) is 1. The topological polar surface area (TPSA) is 9.23 Å². The SMILES string of the molecule is C=C(OCCCCCCC)C1CCC(CCCCCCCC)CC1. The molecular formula is C23H44O. The summed E-state index contributed by atoms with van der Waals surface area (Å²) in [4.78, 5) is 0. The van der Waals surface area contributed by atoms with E-state index in [0.717, 1.165) is 18.3 Å². The lowest BCUT2D eigenvalue weighted by Gasteiger charge is -2.29. The minimum atomic E-state index is 0.640. The monoisotopic (exact) mass is 336 g/mol. The van der Waals surface area contributed by atoms with Crippen molar-refractivity contribution in [1.82, 2.24) is 0 Å². The van der Waals surface area contributed by atoms with Crippen LogP contribution in [0.4, 0.5) is 0 Å². The van der Waals surface area contributed by atoms with Crippen LogP contribution in [-0.4, -0.2) is 6.61 Å². The van der Waals surface area contributed by atoms with Gasteiger partial charge >= 0.3 is 0 Å².